The SMILES string of the molecule is C=C(C)CNC(C)c1cc2c(s1)CCCC2. The monoisotopic (exact) mass is 235 g/mol. The summed E-state index contributed by atoms with van der Waals surface area (Å²) in [7, 11) is 0. The van der Waals surface area contributed by atoms with Gasteiger partial charge in [0.2, 0.25) is 0 Å². The van der Waals surface area contributed by atoms with Gasteiger partial charge in [0.15, 0.2) is 0 Å². The molecular formula is C14H21NS. The Hall–Kier alpha value is -0.600. The van der Waals surface area contributed by atoms with Gasteiger partial charge in [-0.05, 0) is 51.2 Å². The highest BCUT2D eigenvalue weighted by atomic mass is 32.1. The van der Waals surface area contributed by atoms with Crippen molar-refractivity contribution in [2.24, 2.45) is 0 Å². The first-order valence-corrected chi connectivity index (χ1v) is 6.97. The molecule has 0 bridgehead atoms. The second kappa shape index (κ2) is 5.15. The molecule has 0 aliphatic heterocycles. The molecule has 0 aromatic carbocycles. The van der Waals surface area contributed by atoms with Gasteiger partial charge >= 0.3 is 0 Å². The topological polar surface area (TPSA) is 12.0 Å². The molecule has 0 saturated carbocycles. The third-order valence-electron chi connectivity index (χ3n) is 3.15. The number of hydrogen-bond acceptors (Lipinski definition) is 2. The summed E-state index contributed by atoms with van der Waals surface area (Å²) < 4.78 is 0. The van der Waals surface area contributed by atoms with Crippen LogP contribution in [0.15, 0.2) is 18.2 Å². The lowest BCUT2D eigenvalue weighted by Gasteiger charge is -2.11. The van der Waals surface area contributed by atoms with E-state index in [0.29, 0.717) is 6.04 Å². The summed E-state index contributed by atoms with van der Waals surface area (Å²) in [4.78, 5) is 3.12. The molecule has 1 aromatic rings. The fourth-order valence-electron chi connectivity index (χ4n) is 2.15. The summed E-state index contributed by atoms with van der Waals surface area (Å²) in [6.07, 6.45) is 5.34. The molecule has 16 heavy (non-hydrogen) atoms. The molecule has 1 unspecified atom stereocenters. The molecule has 2 rings (SSSR count). The summed E-state index contributed by atoms with van der Waals surface area (Å²) in [5, 5.41) is 3.52. The largest absolute Gasteiger partial charge is 0.306 e. The molecule has 88 valence electrons. The Bertz CT molecular complexity index is 355. The first-order chi connectivity index (χ1) is 7.66. The van der Waals surface area contributed by atoms with Gasteiger partial charge in [-0.25, -0.2) is 0 Å². The van der Waals surface area contributed by atoms with E-state index in [-0.39, 0.29) is 0 Å². The van der Waals surface area contributed by atoms with Crippen molar-refractivity contribution in [3.05, 3.63) is 33.5 Å². The lowest BCUT2D eigenvalue weighted by Crippen LogP contribution is -2.19. The minimum Gasteiger partial charge on any atom is -0.306 e. The number of nitrogens with one attached hydrogen (secondary N) is 1. The van der Waals surface area contributed by atoms with Crippen LogP contribution in [0.2, 0.25) is 0 Å². The highest BCUT2D eigenvalue weighted by Gasteiger charge is 2.16. The summed E-state index contributed by atoms with van der Waals surface area (Å²) in [6, 6.07) is 2.88. The Balaban J connectivity index is 2.03. The summed E-state index contributed by atoms with van der Waals surface area (Å²) >= 11 is 2.00. The summed E-state index contributed by atoms with van der Waals surface area (Å²) in [6.45, 7) is 9.17. The molecule has 1 aliphatic rings. The minimum atomic E-state index is 0.465. The normalized spacial score (nSPS) is 16.9. The van der Waals surface area contributed by atoms with E-state index in [1.807, 2.05) is 11.3 Å². The average molecular weight is 235 g/mol. The van der Waals surface area contributed by atoms with Gasteiger partial charge in [-0.3, -0.25) is 0 Å². The maximum Gasteiger partial charge on any atom is 0.0388 e. The van der Waals surface area contributed by atoms with Gasteiger partial charge in [-0.2, -0.15) is 0 Å². The molecule has 1 N–H and O–H groups in total. The zero-order valence-corrected chi connectivity index (χ0v) is 11.1. The molecule has 0 amide bonds. The second-order valence-corrected chi connectivity index (χ2v) is 6.03. The fraction of sp³-hybridized carbons (Fsp3) is 0.571. The summed E-state index contributed by atoms with van der Waals surface area (Å²) in [5.74, 6) is 0. The van der Waals surface area contributed by atoms with E-state index in [2.05, 4.69) is 31.8 Å². The van der Waals surface area contributed by atoms with Crippen LogP contribution in [0.4, 0.5) is 0 Å². The van der Waals surface area contributed by atoms with Gasteiger partial charge in [0.05, 0.1) is 0 Å². The molecule has 0 spiro atoms. The fourth-order valence-corrected chi connectivity index (χ4v) is 3.44. The van der Waals surface area contributed by atoms with Crippen molar-refractivity contribution in [1.82, 2.24) is 5.32 Å². The molecule has 0 fully saturated rings. The molecular weight excluding hydrogens is 214 g/mol. The Morgan fingerprint density at radius 2 is 2.25 bits per heavy atom. The smallest absolute Gasteiger partial charge is 0.0388 e. The molecule has 1 atom stereocenters. The van der Waals surface area contributed by atoms with E-state index in [1.54, 1.807) is 10.4 Å². The van der Waals surface area contributed by atoms with Gasteiger partial charge in [-0.15, -0.1) is 11.3 Å². The highest BCUT2D eigenvalue weighted by Crippen LogP contribution is 2.32. The molecule has 1 aliphatic carbocycles. The Labute approximate surface area is 103 Å². The van der Waals surface area contributed by atoms with E-state index in [1.165, 1.54) is 36.1 Å². The quantitative estimate of drug-likeness (QED) is 0.782. The first kappa shape index (κ1) is 11.9. The van der Waals surface area contributed by atoms with Gasteiger partial charge in [0.25, 0.3) is 0 Å². The van der Waals surface area contributed by atoms with Crippen LogP contribution in [-0.4, -0.2) is 6.54 Å². The molecule has 0 saturated heterocycles. The zero-order valence-electron chi connectivity index (χ0n) is 10.3. The average Bonchev–Trinajstić information content (AvgIpc) is 2.69. The van der Waals surface area contributed by atoms with Gasteiger partial charge in [0, 0.05) is 22.3 Å². The zero-order chi connectivity index (χ0) is 11.5. The molecule has 2 heteroatoms. The van der Waals surface area contributed by atoms with Gasteiger partial charge < -0.3 is 5.32 Å². The number of hydrogen-bond donors (Lipinski definition) is 1. The van der Waals surface area contributed by atoms with Crippen LogP contribution >= 0.6 is 11.3 Å². The molecule has 1 nitrogen and oxygen atoms in total. The number of fused-ring (bicyclic) bond motifs is 1. The van der Waals surface area contributed by atoms with Crippen molar-refractivity contribution >= 4 is 11.3 Å². The standard InChI is InChI=1S/C14H21NS/c1-10(2)9-15-11(3)14-8-12-6-4-5-7-13(12)16-14/h8,11,15H,1,4-7,9H2,2-3H3. The van der Waals surface area contributed by atoms with Crippen LogP contribution in [-0.2, 0) is 12.8 Å². The van der Waals surface area contributed by atoms with Crippen LogP contribution < -0.4 is 5.32 Å². The predicted molar refractivity (Wildman–Crippen MR) is 72.2 cm³/mol. The predicted octanol–water partition coefficient (Wildman–Crippen LogP) is 3.85. The maximum absolute atomic E-state index is 3.93. The van der Waals surface area contributed by atoms with Gasteiger partial charge in [0.1, 0.15) is 0 Å². The van der Waals surface area contributed by atoms with E-state index in [9.17, 15) is 0 Å². The summed E-state index contributed by atoms with van der Waals surface area (Å²) in [5.41, 5.74) is 2.81. The van der Waals surface area contributed by atoms with Crippen molar-refractivity contribution in [3.63, 3.8) is 0 Å². The number of thiophene rings is 1. The van der Waals surface area contributed by atoms with Gasteiger partial charge in [-0.1, -0.05) is 12.2 Å². The third-order valence-corrected chi connectivity index (χ3v) is 4.57. The van der Waals surface area contributed by atoms with E-state index in [0.717, 1.165) is 6.54 Å². The minimum absolute atomic E-state index is 0.465. The lowest BCUT2D eigenvalue weighted by atomic mass is 9.99. The van der Waals surface area contributed by atoms with Crippen LogP contribution in [0.1, 0.15) is 48.0 Å². The highest BCUT2D eigenvalue weighted by molar-refractivity contribution is 7.12. The third kappa shape index (κ3) is 2.74. The second-order valence-electron chi connectivity index (χ2n) is 4.86. The van der Waals surface area contributed by atoms with E-state index >= 15 is 0 Å². The number of rotatable bonds is 4. The molecule has 0 radical (unpaired) electrons. The maximum atomic E-state index is 3.93. The Morgan fingerprint density at radius 1 is 1.50 bits per heavy atom. The van der Waals surface area contributed by atoms with Crippen LogP contribution in [0.25, 0.3) is 0 Å². The van der Waals surface area contributed by atoms with Crippen molar-refractivity contribution in [2.75, 3.05) is 6.54 Å². The van der Waals surface area contributed by atoms with Crippen molar-refractivity contribution in [1.29, 1.82) is 0 Å². The Kier molecular flexibility index (Phi) is 3.82. The van der Waals surface area contributed by atoms with Crippen LogP contribution in [0.5, 0.6) is 0 Å². The van der Waals surface area contributed by atoms with Crippen molar-refractivity contribution in [3.8, 4) is 0 Å². The molecule has 1 heterocycles. The van der Waals surface area contributed by atoms with Crippen LogP contribution in [0.3, 0.4) is 0 Å². The van der Waals surface area contributed by atoms with E-state index < -0.39 is 0 Å². The molecule has 1 aromatic heterocycles. The van der Waals surface area contributed by atoms with Crippen molar-refractivity contribution in [2.45, 2.75) is 45.6 Å². The van der Waals surface area contributed by atoms with Crippen LogP contribution in [0, 0.1) is 0 Å². The lowest BCUT2D eigenvalue weighted by molar-refractivity contribution is 0.616. The van der Waals surface area contributed by atoms with Crippen molar-refractivity contribution < 1.29 is 0 Å². The van der Waals surface area contributed by atoms with E-state index in [4.69, 9.17) is 0 Å². The number of aryl methyl sites for hydroxylation is 2. The Morgan fingerprint density at radius 3 is 2.94 bits per heavy atom. The first-order valence-electron chi connectivity index (χ1n) is 6.16.